The third-order valence-electron chi connectivity index (χ3n) is 3.35. The van der Waals surface area contributed by atoms with E-state index >= 15 is 0 Å². The van der Waals surface area contributed by atoms with Crippen LogP contribution in [0.4, 0.5) is 0 Å². The summed E-state index contributed by atoms with van der Waals surface area (Å²) in [6.07, 6.45) is 5.31. The highest BCUT2D eigenvalue weighted by Crippen LogP contribution is 2.33. The van der Waals surface area contributed by atoms with E-state index in [1.54, 1.807) is 0 Å². The lowest BCUT2D eigenvalue weighted by atomic mass is 9.75. The molecule has 0 radical (unpaired) electrons. The fourth-order valence-electron chi connectivity index (χ4n) is 2.07. The van der Waals surface area contributed by atoms with Gasteiger partial charge in [0, 0.05) is 17.1 Å². The predicted octanol–water partition coefficient (Wildman–Crippen LogP) is 3.30. The van der Waals surface area contributed by atoms with Gasteiger partial charge in [-0.1, -0.05) is 37.9 Å². The van der Waals surface area contributed by atoms with Crippen LogP contribution in [0.25, 0.3) is 0 Å². The summed E-state index contributed by atoms with van der Waals surface area (Å²) in [6, 6.07) is 0. The quantitative estimate of drug-likeness (QED) is 0.739. The molecular weight excluding hydrogens is 182 g/mol. The third kappa shape index (κ3) is 2.99. The Balaban J connectivity index is 2.46. The van der Waals surface area contributed by atoms with Crippen molar-refractivity contribution in [3.63, 3.8) is 0 Å². The minimum absolute atomic E-state index is 0.274. The van der Waals surface area contributed by atoms with Crippen molar-refractivity contribution in [2.75, 3.05) is 6.54 Å². The van der Waals surface area contributed by atoms with E-state index in [4.69, 9.17) is 11.6 Å². The Bertz CT molecular complexity index is 191. The van der Waals surface area contributed by atoms with Gasteiger partial charge in [0.05, 0.1) is 0 Å². The standard InChI is InChI=1S/C11H20ClN/c1-9-6-4-5-7-11(9,3)13-8-10(2)12/h9,13H,2,4-8H2,1,3H3. The fraction of sp³-hybridized carbons (Fsp3) is 0.818. The van der Waals surface area contributed by atoms with Crippen LogP contribution >= 0.6 is 11.6 Å². The van der Waals surface area contributed by atoms with E-state index in [1.807, 2.05) is 0 Å². The average molecular weight is 202 g/mol. The summed E-state index contributed by atoms with van der Waals surface area (Å²) >= 11 is 5.75. The largest absolute Gasteiger partial charge is 0.306 e. The molecule has 0 saturated heterocycles. The molecule has 0 aromatic rings. The zero-order chi connectivity index (χ0) is 9.90. The van der Waals surface area contributed by atoms with Gasteiger partial charge in [0.1, 0.15) is 0 Å². The Kier molecular flexibility index (Phi) is 3.81. The predicted molar refractivity (Wildman–Crippen MR) is 59.0 cm³/mol. The maximum Gasteiger partial charge on any atom is 0.0312 e. The van der Waals surface area contributed by atoms with Gasteiger partial charge < -0.3 is 5.32 Å². The van der Waals surface area contributed by atoms with E-state index in [0.29, 0.717) is 5.03 Å². The SMILES string of the molecule is C=C(Cl)CNC1(C)CCCCC1C. The van der Waals surface area contributed by atoms with Crippen LogP contribution in [0.15, 0.2) is 11.6 Å². The molecule has 1 nitrogen and oxygen atoms in total. The summed E-state index contributed by atoms with van der Waals surface area (Å²) in [6.45, 7) is 9.06. The summed E-state index contributed by atoms with van der Waals surface area (Å²) in [4.78, 5) is 0. The Morgan fingerprint density at radius 3 is 2.85 bits per heavy atom. The van der Waals surface area contributed by atoms with Crippen LogP contribution in [0.5, 0.6) is 0 Å². The van der Waals surface area contributed by atoms with Crippen molar-refractivity contribution in [3.8, 4) is 0 Å². The zero-order valence-electron chi connectivity index (χ0n) is 8.70. The molecule has 1 N–H and O–H groups in total. The van der Waals surface area contributed by atoms with Crippen molar-refractivity contribution >= 4 is 11.6 Å². The number of rotatable bonds is 3. The minimum Gasteiger partial charge on any atom is -0.306 e. The fourth-order valence-corrected chi connectivity index (χ4v) is 2.13. The molecule has 0 amide bonds. The second kappa shape index (κ2) is 4.47. The average Bonchev–Trinajstić information content (AvgIpc) is 2.07. The van der Waals surface area contributed by atoms with Crippen LogP contribution in [0.3, 0.4) is 0 Å². The Morgan fingerprint density at radius 1 is 1.62 bits per heavy atom. The lowest BCUT2D eigenvalue weighted by Gasteiger charge is -2.40. The Morgan fingerprint density at radius 2 is 2.31 bits per heavy atom. The molecule has 0 aliphatic heterocycles. The molecule has 13 heavy (non-hydrogen) atoms. The van der Waals surface area contributed by atoms with Gasteiger partial charge in [0.15, 0.2) is 0 Å². The maximum atomic E-state index is 5.75. The molecule has 1 saturated carbocycles. The van der Waals surface area contributed by atoms with Crippen molar-refractivity contribution in [2.45, 2.75) is 45.1 Å². The molecule has 0 spiro atoms. The first-order valence-corrected chi connectivity index (χ1v) is 5.51. The molecular formula is C11H20ClN. The van der Waals surface area contributed by atoms with Crippen molar-refractivity contribution in [2.24, 2.45) is 5.92 Å². The van der Waals surface area contributed by atoms with E-state index in [-0.39, 0.29) is 5.54 Å². The molecule has 0 bridgehead atoms. The van der Waals surface area contributed by atoms with Crippen molar-refractivity contribution in [3.05, 3.63) is 11.6 Å². The molecule has 1 aliphatic rings. The molecule has 1 aliphatic carbocycles. The summed E-state index contributed by atoms with van der Waals surface area (Å²) < 4.78 is 0. The highest BCUT2D eigenvalue weighted by Gasteiger charge is 2.32. The van der Waals surface area contributed by atoms with Crippen LogP contribution in [0.1, 0.15) is 39.5 Å². The van der Waals surface area contributed by atoms with Gasteiger partial charge >= 0.3 is 0 Å². The number of nitrogens with one attached hydrogen (secondary N) is 1. The lowest BCUT2D eigenvalue weighted by Crippen LogP contribution is -2.49. The summed E-state index contributed by atoms with van der Waals surface area (Å²) in [5, 5.41) is 4.22. The van der Waals surface area contributed by atoms with Crippen LogP contribution in [0.2, 0.25) is 0 Å². The number of halogens is 1. The highest BCUT2D eigenvalue weighted by atomic mass is 35.5. The molecule has 2 heteroatoms. The first kappa shape index (κ1) is 11.1. The zero-order valence-corrected chi connectivity index (χ0v) is 9.45. The topological polar surface area (TPSA) is 12.0 Å². The smallest absolute Gasteiger partial charge is 0.0312 e. The summed E-state index contributed by atoms with van der Waals surface area (Å²) in [5.74, 6) is 0.747. The van der Waals surface area contributed by atoms with Crippen molar-refractivity contribution in [1.82, 2.24) is 5.32 Å². The van der Waals surface area contributed by atoms with Gasteiger partial charge in [-0.3, -0.25) is 0 Å². The normalized spacial score (nSPS) is 34.5. The van der Waals surface area contributed by atoms with E-state index in [1.165, 1.54) is 25.7 Å². The molecule has 2 unspecified atom stereocenters. The van der Waals surface area contributed by atoms with Crippen LogP contribution < -0.4 is 5.32 Å². The third-order valence-corrected chi connectivity index (χ3v) is 3.49. The molecule has 0 heterocycles. The van der Waals surface area contributed by atoms with E-state index < -0.39 is 0 Å². The van der Waals surface area contributed by atoms with Gasteiger partial charge in [-0.15, -0.1) is 0 Å². The van der Waals surface area contributed by atoms with Crippen LogP contribution in [0, 0.1) is 5.92 Å². The molecule has 0 aromatic heterocycles. The van der Waals surface area contributed by atoms with Gasteiger partial charge in [-0.05, 0) is 25.7 Å². The van der Waals surface area contributed by atoms with E-state index in [2.05, 4.69) is 25.7 Å². The lowest BCUT2D eigenvalue weighted by molar-refractivity contribution is 0.180. The summed E-state index contributed by atoms with van der Waals surface area (Å²) in [5.41, 5.74) is 0.274. The second-order valence-electron chi connectivity index (χ2n) is 4.44. The van der Waals surface area contributed by atoms with E-state index in [9.17, 15) is 0 Å². The van der Waals surface area contributed by atoms with Gasteiger partial charge in [-0.25, -0.2) is 0 Å². The Labute approximate surface area is 86.5 Å². The van der Waals surface area contributed by atoms with Crippen LogP contribution in [-0.2, 0) is 0 Å². The first-order valence-electron chi connectivity index (χ1n) is 5.13. The monoisotopic (exact) mass is 201 g/mol. The van der Waals surface area contributed by atoms with Gasteiger partial charge in [-0.2, -0.15) is 0 Å². The number of hydrogen-bond acceptors (Lipinski definition) is 1. The van der Waals surface area contributed by atoms with E-state index in [0.717, 1.165) is 12.5 Å². The molecule has 2 atom stereocenters. The maximum absolute atomic E-state index is 5.75. The molecule has 76 valence electrons. The molecule has 1 fully saturated rings. The second-order valence-corrected chi connectivity index (χ2v) is 4.97. The van der Waals surface area contributed by atoms with Crippen LogP contribution in [-0.4, -0.2) is 12.1 Å². The van der Waals surface area contributed by atoms with Crippen molar-refractivity contribution < 1.29 is 0 Å². The number of hydrogen-bond donors (Lipinski definition) is 1. The van der Waals surface area contributed by atoms with Gasteiger partial charge in [0.2, 0.25) is 0 Å². The Hall–Kier alpha value is -0.0100. The highest BCUT2D eigenvalue weighted by molar-refractivity contribution is 6.29. The molecule has 0 aromatic carbocycles. The minimum atomic E-state index is 0.274. The van der Waals surface area contributed by atoms with Crippen molar-refractivity contribution in [1.29, 1.82) is 0 Å². The first-order chi connectivity index (χ1) is 6.04. The van der Waals surface area contributed by atoms with Gasteiger partial charge in [0.25, 0.3) is 0 Å². The molecule has 1 rings (SSSR count). The summed E-state index contributed by atoms with van der Waals surface area (Å²) in [7, 11) is 0.